The molecule has 0 unspecified atom stereocenters. The monoisotopic (exact) mass is 628 g/mol. The molecule has 0 aromatic carbocycles. The number of hydrogen-bond donors (Lipinski definition) is 2. The van der Waals surface area contributed by atoms with E-state index in [0.717, 1.165) is 25.7 Å². The molecule has 0 radical (unpaired) electrons. The Morgan fingerprint density at radius 2 is 0.886 bits per heavy atom. The van der Waals surface area contributed by atoms with Crippen LogP contribution < -0.4 is 0 Å². The van der Waals surface area contributed by atoms with Crippen LogP contribution in [0.5, 0.6) is 0 Å². The molecule has 0 atom stereocenters. The second-order valence-corrected chi connectivity index (χ2v) is 11.7. The minimum absolute atomic E-state index is 0.118. The fraction of sp³-hybridized carbons (Fsp3) is 0.861. The highest BCUT2D eigenvalue weighted by molar-refractivity contribution is 5.90. The van der Waals surface area contributed by atoms with Gasteiger partial charge in [0.05, 0.1) is 32.7 Å². The minimum Gasteiger partial charge on any atom is -0.466 e. The fourth-order valence-electron chi connectivity index (χ4n) is 4.25. The first-order valence-corrected chi connectivity index (χ1v) is 17.8. The number of rotatable bonds is 29. The van der Waals surface area contributed by atoms with E-state index in [1.54, 1.807) is 0 Å². The molecule has 260 valence electrons. The molecule has 0 fully saturated rings. The van der Waals surface area contributed by atoms with Crippen LogP contribution in [0.4, 0.5) is 0 Å². The van der Waals surface area contributed by atoms with Crippen molar-refractivity contribution in [2.45, 2.75) is 175 Å². The van der Waals surface area contributed by atoms with E-state index in [0.29, 0.717) is 25.9 Å². The van der Waals surface area contributed by atoms with E-state index in [1.165, 1.54) is 83.5 Å². The lowest BCUT2D eigenvalue weighted by Gasteiger charge is -2.24. The zero-order chi connectivity index (χ0) is 33.2. The molecule has 0 saturated heterocycles. The molecule has 0 aliphatic rings. The van der Waals surface area contributed by atoms with Crippen LogP contribution in [0.25, 0.3) is 0 Å². The third-order valence-corrected chi connectivity index (χ3v) is 7.18. The standard InChI is InChI=1S/C18H32O7.C18H36O/c1-4-7-10-23-15(19)13-18(22,17(21)25-12-9-6-3)14-16(20)24-11-8-5-2;1-2-3-4-5-6-7-8-9-10-11-12-13-14-15-16-17-18-19/h22H,4-14H2,1-3H3;9-10,19H,2-8,11-18H2,1H3. The molecule has 2 N–H and O–H groups in total. The van der Waals surface area contributed by atoms with Gasteiger partial charge < -0.3 is 24.4 Å². The SMILES string of the molecule is CCCCCCCCC=CCCCCCCCCO.CCCCOC(=O)CC(O)(CC(=O)OCCCC)C(=O)OCCCC. The van der Waals surface area contributed by atoms with Gasteiger partial charge in [-0.2, -0.15) is 0 Å². The Hall–Kier alpha value is -1.93. The van der Waals surface area contributed by atoms with Crippen molar-refractivity contribution in [1.82, 2.24) is 0 Å². The number of unbranched alkanes of at least 4 members (excludes halogenated alkanes) is 15. The second-order valence-electron chi connectivity index (χ2n) is 11.7. The van der Waals surface area contributed by atoms with E-state index >= 15 is 0 Å². The quantitative estimate of drug-likeness (QED) is 0.0366. The van der Waals surface area contributed by atoms with Crippen LogP contribution in [-0.2, 0) is 28.6 Å². The van der Waals surface area contributed by atoms with Gasteiger partial charge in [0.2, 0.25) is 0 Å². The Kier molecular flexibility index (Phi) is 34.1. The summed E-state index contributed by atoms with van der Waals surface area (Å²) in [6, 6.07) is 0. The summed E-state index contributed by atoms with van der Waals surface area (Å²) in [5.41, 5.74) is -2.26. The minimum atomic E-state index is -2.26. The number of aliphatic hydroxyl groups excluding tert-OH is 1. The van der Waals surface area contributed by atoms with Crippen LogP contribution >= 0.6 is 0 Å². The van der Waals surface area contributed by atoms with E-state index in [1.807, 2.05) is 20.8 Å². The molecule has 0 aliphatic heterocycles. The average molecular weight is 629 g/mol. The maximum absolute atomic E-state index is 12.2. The van der Waals surface area contributed by atoms with Gasteiger partial charge in [-0.05, 0) is 51.4 Å². The summed E-state index contributed by atoms with van der Waals surface area (Å²) in [5.74, 6) is -2.49. The van der Waals surface area contributed by atoms with Gasteiger partial charge in [-0.25, -0.2) is 4.79 Å². The second kappa shape index (κ2) is 34.0. The molecule has 0 bridgehead atoms. The number of ether oxygens (including phenoxy) is 3. The summed E-state index contributed by atoms with van der Waals surface area (Å²) in [7, 11) is 0. The molecule has 0 heterocycles. The van der Waals surface area contributed by atoms with Gasteiger partial charge in [-0.15, -0.1) is 0 Å². The Morgan fingerprint density at radius 3 is 1.30 bits per heavy atom. The zero-order valence-corrected chi connectivity index (χ0v) is 28.9. The Labute approximate surface area is 269 Å². The van der Waals surface area contributed by atoms with Crippen molar-refractivity contribution >= 4 is 17.9 Å². The van der Waals surface area contributed by atoms with Crippen molar-refractivity contribution in [2.24, 2.45) is 0 Å². The molecule has 0 spiro atoms. The summed E-state index contributed by atoms with van der Waals surface area (Å²) in [6.07, 6.45) is 26.4. The van der Waals surface area contributed by atoms with Crippen LogP contribution in [0.15, 0.2) is 12.2 Å². The van der Waals surface area contributed by atoms with Gasteiger partial charge >= 0.3 is 17.9 Å². The molecular formula is C36H68O8. The highest BCUT2D eigenvalue weighted by atomic mass is 16.6. The number of aliphatic hydroxyl groups is 2. The van der Waals surface area contributed by atoms with Crippen LogP contribution in [0.1, 0.15) is 169 Å². The Morgan fingerprint density at radius 1 is 0.523 bits per heavy atom. The number of esters is 3. The number of carbonyl (C=O) groups excluding carboxylic acids is 3. The lowest BCUT2D eigenvalue weighted by molar-refractivity contribution is -0.178. The highest BCUT2D eigenvalue weighted by Gasteiger charge is 2.43. The number of allylic oxidation sites excluding steroid dienone is 2. The first kappa shape index (κ1) is 44.2. The summed E-state index contributed by atoms with van der Waals surface area (Å²) < 4.78 is 14.9. The first-order chi connectivity index (χ1) is 21.3. The normalized spacial score (nSPS) is 11.2. The smallest absolute Gasteiger partial charge is 0.339 e. The van der Waals surface area contributed by atoms with Crippen LogP contribution in [0.2, 0.25) is 0 Å². The summed E-state index contributed by atoms with van der Waals surface area (Å²) >= 11 is 0. The number of carbonyl (C=O) groups is 3. The maximum atomic E-state index is 12.2. The molecule has 8 nitrogen and oxygen atoms in total. The summed E-state index contributed by atoms with van der Waals surface area (Å²) in [5, 5.41) is 19.2. The molecular weight excluding hydrogens is 560 g/mol. The van der Waals surface area contributed by atoms with Crippen molar-refractivity contribution in [3.63, 3.8) is 0 Å². The highest BCUT2D eigenvalue weighted by Crippen LogP contribution is 2.20. The van der Waals surface area contributed by atoms with E-state index in [-0.39, 0.29) is 19.8 Å². The first-order valence-electron chi connectivity index (χ1n) is 17.8. The number of hydrogen-bond acceptors (Lipinski definition) is 8. The van der Waals surface area contributed by atoms with Crippen molar-refractivity contribution in [1.29, 1.82) is 0 Å². The van der Waals surface area contributed by atoms with Gasteiger partial charge in [0.1, 0.15) is 0 Å². The Bertz CT molecular complexity index is 668. The van der Waals surface area contributed by atoms with Crippen molar-refractivity contribution in [3.05, 3.63) is 12.2 Å². The van der Waals surface area contributed by atoms with Gasteiger partial charge in [0, 0.05) is 6.61 Å². The molecule has 0 aromatic heterocycles. The molecule has 44 heavy (non-hydrogen) atoms. The van der Waals surface area contributed by atoms with Crippen LogP contribution in [0.3, 0.4) is 0 Å². The largest absolute Gasteiger partial charge is 0.466 e. The maximum Gasteiger partial charge on any atom is 0.339 e. The molecule has 0 saturated carbocycles. The molecule has 0 amide bonds. The van der Waals surface area contributed by atoms with E-state index in [9.17, 15) is 19.5 Å². The topological polar surface area (TPSA) is 119 Å². The van der Waals surface area contributed by atoms with Crippen molar-refractivity contribution in [3.8, 4) is 0 Å². The molecule has 0 aliphatic carbocycles. The summed E-state index contributed by atoms with van der Waals surface area (Å²) in [4.78, 5) is 35.9. The van der Waals surface area contributed by atoms with Crippen LogP contribution in [-0.4, -0.2) is 60.1 Å². The fourth-order valence-corrected chi connectivity index (χ4v) is 4.25. The van der Waals surface area contributed by atoms with Gasteiger partial charge in [-0.1, -0.05) is 117 Å². The zero-order valence-electron chi connectivity index (χ0n) is 28.9. The molecule has 8 heteroatoms. The van der Waals surface area contributed by atoms with Gasteiger partial charge in [0.25, 0.3) is 0 Å². The van der Waals surface area contributed by atoms with Crippen LogP contribution in [0, 0.1) is 0 Å². The van der Waals surface area contributed by atoms with Crippen molar-refractivity contribution < 1.29 is 38.8 Å². The van der Waals surface area contributed by atoms with Gasteiger partial charge in [-0.3, -0.25) is 9.59 Å². The van der Waals surface area contributed by atoms with Gasteiger partial charge in [0.15, 0.2) is 5.60 Å². The van der Waals surface area contributed by atoms with E-state index in [2.05, 4.69) is 19.1 Å². The molecule has 0 aromatic rings. The van der Waals surface area contributed by atoms with Crippen molar-refractivity contribution in [2.75, 3.05) is 26.4 Å². The summed E-state index contributed by atoms with van der Waals surface area (Å²) in [6.45, 7) is 8.98. The molecule has 0 rings (SSSR count). The third kappa shape index (κ3) is 30.1. The Balaban J connectivity index is 0. The van der Waals surface area contributed by atoms with E-state index < -0.39 is 36.4 Å². The predicted octanol–water partition coefficient (Wildman–Crippen LogP) is 8.54. The predicted molar refractivity (Wildman–Crippen MR) is 178 cm³/mol. The third-order valence-electron chi connectivity index (χ3n) is 7.18. The lowest BCUT2D eigenvalue weighted by Crippen LogP contribution is -2.45. The lowest BCUT2D eigenvalue weighted by atomic mass is 9.95. The van der Waals surface area contributed by atoms with E-state index in [4.69, 9.17) is 19.3 Å². The average Bonchev–Trinajstić information content (AvgIpc) is 2.99.